The lowest BCUT2D eigenvalue weighted by Crippen LogP contribution is -2.43. The van der Waals surface area contributed by atoms with Crippen molar-refractivity contribution in [1.82, 2.24) is 14.5 Å². The number of rotatable bonds is 4. The summed E-state index contributed by atoms with van der Waals surface area (Å²) in [6.45, 7) is 1.65. The number of hydrogen-bond acceptors (Lipinski definition) is 4. The van der Waals surface area contributed by atoms with Crippen LogP contribution in [0.15, 0.2) is 47.2 Å². The molecule has 3 amide bonds. The van der Waals surface area contributed by atoms with Crippen molar-refractivity contribution in [3.05, 3.63) is 58.5 Å². The molecule has 32 heavy (non-hydrogen) atoms. The van der Waals surface area contributed by atoms with Crippen molar-refractivity contribution in [2.75, 3.05) is 11.9 Å². The van der Waals surface area contributed by atoms with Gasteiger partial charge in [-0.15, -0.1) is 0 Å². The Hall–Kier alpha value is -3.27. The summed E-state index contributed by atoms with van der Waals surface area (Å²) in [5, 5.41) is 3.31. The molecule has 3 heterocycles. The van der Waals surface area contributed by atoms with Crippen molar-refractivity contribution in [3.63, 3.8) is 0 Å². The van der Waals surface area contributed by atoms with Crippen molar-refractivity contribution >= 4 is 50.4 Å². The van der Waals surface area contributed by atoms with E-state index in [2.05, 4.69) is 26.2 Å². The number of primary amides is 1. The molecule has 0 saturated carbocycles. The zero-order valence-corrected chi connectivity index (χ0v) is 18.8. The van der Waals surface area contributed by atoms with Crippen LogP contribution >= 0.6 is 15.9 Å². The van der Waals surface area contributed by atoms with Gasteiger partial charge in [-0.25, -0.2) is 14.0 Å². The van der Waals surface area contributed by atoms with Gasteiger partial charge in [0.15, 0.2) is 5.78 Å². The normalized spacial score (nSPS) is 18.2. The van der Waals surface area contributed by atoms with E-state index in [1.807, 2.05) is 6.92 Å². The zero-order chi connectivity index (χ0) is 23.0. The second-order valence-electron chi connectivity index (χ2n) is 7.75. The number of urea groups is 1. The molecule has 1 fully saturated rings. The van der Waals surface area contributed by atoms with Gasteiger partial charge >= 0.3 is 12.1 Å². The minimum atomic E-state index is -1.30. The number of pyridine rings is 1. The first-order chi connectivity index (χ1) is 15.2. The number of amides is 3. The highest BCUT2D eigenvalue weighted by molar-refractivity contribution is 9.10. The molecule has 0 radical (unpaired) electrons. The Balaban J connectivity index is 1.55. The molecule has 2 atom stereocenters. The molecule has 1 aliphatic heterocycles. The van der Waals surface area contributed by atoms with Gasteiger partial charge in [-0.1, -0.05) is 18.2 Å². The van der Waals surface area contributed by atoms with E-state index in [0.717, 1.165) is 10.2 Å². The number of likely N-dealkylation sites (tertiary alicyclic amines) is 1. The van der Waals surface area contributed by atoms with Gasteiger partial charge in [0.1, 0.15) is 6.17 Å². The topological polar surface area (TPSA) is 110 Å². The molecule has 8 nitrogen and oxygen atoms in total. The number of benzene rings is 1. The maximum absolute atomic E-state index is 14.2. The molecule has 1 aliphatic rings. The van der Waals surface area contributed by atoms with Crippen LogP contribution in [0.1, 0.15) is 17.7 Å². The summed E-state index contributed by atoms with van der Waals surface area (Å²) in [4.78, 5) is 43.1. The number of hydrogen-bond donors (Lipinski definition) is 2. The smallest absolute Gasteiger partial charge is 0.323 e. The molecule has 2 aromatic heterocycles. The molecule has 1 saturated heterocycles. The van der Waals surface area contributed by atoms with Crippen LogP contribution < -0.4 is 11.1 Å². The highest BCUT2D eigenvalue weighted by atomic mass is 79.9. The van der Waals surface area contributed by atoms with Crippen molar-refractivity contribution in [3.8, 4) is 0 Å². The summed E-state index contributed by atoms with van der Waals surface area (Å²) >= 11 is 3.39. The molecule has 1 aromatic carbocycles. The third-order valence-corrected chi connectivity index (χ3v) is 6.34. The van der Waals surface area contributed by atoms with E-state index in [0.29, 0.717) is 22.2 Å². The average Bonchev–Trinajstić information content (AvgIpc) is 3.32. The SMILES string of the molecule is Cc1ncc(CC(=O)[C@@H]2C[C@@H](F)CN2C(=O)Nc2cn(C(N)=O)c3ccccc23)cc1Br. The van der Waals surface area contributed by atoms with Gasteiger partial charge in [-0.05, 0) is 40.5 Å². The van der Waals surface area contributed by atoms with Crippen LogP contribution in [-0.2, 0) is 11.2 Å². The van der Waals surface area contributed by atoms with E-state index in [4.69, 9.17) is 5.73 Å². The molecule has 10 heteroatoms. The summed E-state index contributed by atoms with van der Waals surface area (Å²) in [7, 11) is 0. The summed E-state index contributed by atoms with van der Waals surface area (Å²) < 4.78 is 16.2. The lowest BCUT2D eigenvalue weighted by atomic mass is 10.0. The minimum Gasteiger partial charge on any atom is -0.351 e. The fourth-order valence-corrected chi connectivity index (χ4v) is 4.32. The van der Waals surface area contributed by atoms with E-state index < -0.39 is 24.3 Å². The van der Waals surface area contributed by atoms with Gasteiger partial charge < -0.3 is 16.0 Å². The Morgan fingerprint density at radius 3 is 2.78 bits per heavy atom. The molecule has 3 aromatic rings. The first-order valence-corrected chi connectivity index (χ1v) is 10.8. The number of fused-ring (bicyclic) bond motifs is 1. The van der Waals surface area contributed by atoms with Gasteiger partial charge in [-0.3, -0.25) is 14.3 Å². The predicted molar refractivity (Wildman–Crippen MR) is 121 cm³/mol. The lowest BCUT2D eigenvalue weighted by Gasteiger charge is -2.23. The van der Waals surface area contributed by atoms with E-state index in [9.17, 15) is 18.8 Å². The van der Waals surface area contributed by atoms with Crippen LogP contribution in [0.25, 0.3) is 10.9 Å². The number of para-hydroxylation sites is 1. The quantitative estimate of drug-likeness (QED) is 0.566. The van der Waals surface area contributed by atoms with Crippen LogP contribution in [0, 0.1) is 6.92 Å². The second kappa shape index (κ2) is 8.70. The van der Waals surface area contributed by atoms with Gasteiger partial charge in [-0.2, -0.15) is 0 Å². The van der Waals surface area contributed by atoms with E-state index >= 15 is 0 Å². The van der Waals surface area contributed by atoms with Crippen LogP contribution in [0.4, 0.5) is 19.7 Å². The van der Waals surface area contributed by atoms with E-state index in [1.54, 1.807) is 36.5 Å². The number of ketones is 1. The van der Waals surface area contributed by atoms with Crippen LogP contribution in [0.2, 0.25) is 0 Å². The molecule has 3 N–H and O–H groups in total. The Bertz CT molecular complexity index is 1230. The van der Waals surface area contributed by atoms with Gasteiger partial charge in [0.2, 0.25) is 0 Å². The summed E-state index contributed by atoms with van der Waals surface area (Å²) in [5.74, 6) is -0.266. The third kappa shape index (κ3) is 4.22. The maximum atomic E-state index is 14.2. The first-order valence-electron chi connectivity index (χ1n) is 10.00. The Kier molecular flexibility index (Phi) is 5.96. The average molecular weight is 502 g/mol. The van der Waals surface area contributed by atoms with Gasteiger partial charge in [0.25, 0.3) is 0 Å². The molecule has 0 bridgehead atoms. The number of anilines is 1. The van der Waals surface area contributed by atoms with E-state index in [-0.39, 0.29) is 25.2 Å². The number of nitrogens with zero attached hydrogens (tertiary/aromatic N) is 3. The number of aryl methyl sites for hydroxylation is 1. The number of carbonyl (C=O) groups is 3. The highest BCUT2D eigenvalue weighted by Crippen LogP contribution is 2.28. The van der Waals surface area contributed by atoms with Crippen LogP contribution in [0.3, 0.4) is 0 Å². The highest BCUT2D eigenvalue weighted by Gasteiger charge is 2.39. The lowest BCUT2D eigenvalue weighted by molar-refractivity contribution is -0.121. The number of carbonyl (C=O) groups excluding carboxylic acids is 3. The summed E-state index contributed by atoms with van der Waals surface area (Å²) in [6.07, 6.45) is 1.69. The summed E-state index contributed by atoms with van der Waals surface area (Å²) in [6, 6.07) is 6.53. The molecule has 0 aliphatic carbocycles. The molecule has 0 unspecified atom stereocenters. The molecule has 0 spiro atoms. The fourth-order valence-electron chi connectivity index (χ4n) is 3.92. The fraction of sp³-hybridized carbons (Fsp3) is 0.273. The monoisotopic (exact) mass is 501 g/mol. The van der Waals surface area contributed by atoms with E-state index in [1.165, 1.54) is 15.7 Å². The van der Waals surface area contributed by atoms with Crippen molar-refractivity contribution in [2.45, 2.75) is 32.0 Å². The Morgan fingerprint density at radius 2 is 2.06 bits per heavy atom. The number of Topliss-reactive ketones (excluding diaryl/α,β-unsaturated/α-hetero) is 1. The first kappa shape index (κ1) is 21.9. The van der Waals surface area contributed by atoms with Crippen molar-refractivity contribution in [2.24, 2.45) is 5.73 Å². The Labute approximate surface area is 191 Å². The molecular weight excluding hydrogens is 481 g/mol. The largest absolute Gasteiger partial charge is 0.351 e. The number of nitrogens with one attached hydrogen (secondary N) is 1. The summed E-state index contributed by atoms with van der Waals surface area (Å²) in [5.41, 5.74) is 7.78. The molecular formula is C22H21BrFN5O3. The zero-order valence-electron chi connectivity index (χ0n) is 17.2. The number of alkyl halides is 1. The second-order valence-corrected chi connectivity index (χ2v) is 8.61. The van der Waals surface area contributed by atoms with Crippen LogP contribution in [0.5, 0.6) is 0 Å². The molecule has 4 rings (SSSR count). The standard InChI is InChI=1S/C22H21BrFN5O3/c1-12-16(23)6-13(9-26-12)7-20(30)19-8-14(24)10-29(19)22(32)27-17-11-28(21(25)31)18-5-3-2-4-15(17)18/h2-6,9,11,14,19H,7-8,10H2,1H3,(H2,25,31)(H,27,32)/t14-,19+/m1/s1. The molecule has 166 valence electrons. The Morgan fingerprint density at radius 1 is 1.31 bits per heavy atom. The van der Waals surface area contributed by atoms with Crippen LogP contribution in [-0.4, -0.2) is 51.1 Å². The van der Waals surface area contributed by atoms with Gasteiger partial charge in [0, 0.05) is 35.1 Å². The van der Waals surface area contributed by atoms with Gasteiger partial charge in [0.05, 0.1) is 29.5 Å². The number of aromatic nitrogens is 2. The number of nitrogens with two attached hydrogens (primary N) is 1. The van der Waals surface area contributed by atoms with Crippen molar-refractivity contribution in [1.29, 1.82) is 0 Å². The third-order valence-electron chi connectivity index (χ3n) is 5.53. The minimum absolute atomic E-state index is 0.0357. The number of halogens is 2. The van der Waals surface area contributed by atoms with Crippen molar-refractivity contribution < 1.29 is 18.8 Å². The maximum Gasteiger partial charge on any atom is 0.323 e. The predicted octanol–water partition coefficient (Wildman–Crippen LogP) is 3.79.